The van der Waals surface area contributed by atoms with Gasteiger partial charge >= 0.3 is 0 Å². The Morgan fingerprint density at radius 3 is 2.69 bits per heavy atom. The van der Waals surface area contributed by atoms with Gasteiger partial charge in [-0.05, 0) is 32.1 Å². The molecule has 1 fully saturated rings. The second kappa shape index (κ2) is 4.43. The number of ether oxygens (including phenoxy) is 1. The van der Waals surface area contributed by atoms with E-state index in [1.165, 1.54) is 6.42 Å². The summed E-state index contributed by atoms with van der Waals surface area (Å²) in [5, 5.41) is 3.55. The van der Waals surface area contributed by atoms with Crippen LogP contribution < -0.4 is 5.32 Å². The standard InChI is InChI=1S/C11H23NO/c1-5-10-8-13-11(4,12-10)7-6-9(2)3/h9-10,12H,5-8H2,1-4H3/t10-,11+/m1/s1. The zero-order chi connectivity index (χ0) is 9.90. The first kappa shape index (κ1) is 11.0. The van der Waals surface area contributed by atoms with Crippen molar-refractivity contribution in [2.45, 2.75) is 58.7 Å². The average Bonchev–Trinajstić information content (AvgIpc) is 2.45. The molecule has 0 unspecified atom stereocenters. The fraction of sp³-hybridized carbons (Fsp3) is 1.00. The van der Waals surface area contributed by atoms with Gasteiger partial charge in [-0.1, -0.05) is 20.8 Å². The van der Waals surface area contributed by atoms with Crippen LogP contribution in [0.3, 0.4) is 0 Å². The molecule has 1 saturated heterocycles. The molecule has 0 aliphatic carbocycles. The summed E-state index contributed by atoms with van der Waals surface area (Å²) in [7, 11) is 0. The molecule has 78 valence electrons. The lowest BCUT2D eigenvalue weighted by Gasteiger charge is -2.25. The highest BCUT2D eigenvalue weighted by molar-refractivity contribution is 4.84. The molecule has 0 amide bonds. The first-order valence-electron chi connectivity index (χ1n) is 5.47. The van der Waals surface area contributed by atoms with Gasteiger partial charge in [0.2, 0.25) is 0 Å². The van der Waals surface area contributed by atoms with Gasteiger partial charge < -0.3 is 4.74 Å². The van der Waals surface area contributed by atoms with E-state index in [9.17, 15) is 0 Å². The monoisotopic (exact) mass is 185 g/mol. The molecule has 0 bridgehead atoms. The topological polar surface area (TPSA) is 21.3 Å². The third kappa shape index (κ3) is 3.28. The molecule has 1 N–H and O–H groups in total. The Morgan fingerprint density at radius 2 is 2.23 bits per heavy atom. The summed E-state index contributed by atoms with van der Waals surface area (Å²) in [6.45, 7) is 9.77. The minimum absolute atomic E-state index is 0.0506. The van der Waals surface area contributed by atoms with Gasteiger partial charge in [0.15, 0.2) is 0 Å². The number of rotatable bonds is 4. The Labute approximate surface area is 82.0 Å². The Bertz CT molecular complexity index is 158. The molecule has 1 heterocycles. The van der Waals surface area contributed by atoms with E-state index in [1.807, 2.05) is 0 Å². The predicted octanol–water partition coefficient (Wildman–Crippen LogP) is 2.54. The highest BCUT2D eigenvalue weighted by atomic mass is 16.5. The molecule has 0 saturated carbocycles. The Kier molecular flexibility index (Phi) is 3.74. The van der Waals surface area contributed by atoms with E-state index in [0.29, 0.717) is 6.04 Å². The molecular weight excluding hydrogens is 162 g/mol. The van der Waals surface area contributed by atoms with Gasteiger partial charge in [-0.3, -0.25) is 5.32 Å². The predicted molar refractivity (Wildman–Crippen MR) is 55.6 cm³/mol. The van der Waals surface area contributed by atoms with Gasteiger partial charge in [0, 0.05) is 6.04 Å². The maximum atomic E-state index is 5.78. The smallest absolute Gasteiger partial charge is 0.116 e. The summed E-state index contributed by atoms with van der Waals surface area (Å²) >= 11 is 0. The molecule has 0 radical (unpaired) electrons. The van der Waals surface area contributed by atoms with Crippen molar-refractivity contribution in [2.75, 3.05) is 6.61 Å². The second-order valence-electron chi connectivity index (χ2n) is 4.72. The summed E-state index contributed by atoms with van der Waals surface area (Å²) in [6.07, 6.45) is 3.53. The van der Waals surface area contributed by atoms with Crippen molar-refractivity contribution >= 4 is 0 Å². The van der Waals surface area contributed by atoms with E-state index >= 15 is 0 Å². The summed E-state index contributed by atoms with van der Waals surface area (Å²) in [4.78, 5) is 0. The van der Waals surface area contributed by atoms with E-state index in [4.69, 9.17) is 4.74 Å². The Balaban J connectivity index is 2.31. The normalized spacial score (nSPS) is 34.4. The van der Waals surface area contributed by atoms with Gasteiger partial charge in [-0.2, -0.15) is 0 Å². The minimum Gasteiger partial charge on any atom is -0.359 e. The quantitative estimate of drug-likeness (QED) is 0.726. The van der Waals surface area contributed by atoms with Crippen LogP contribution in [0.4, 0.5) is 0 Å². The molecule has 13 heavy (non-hydrogen) atoms. The van der Waals surface area contributed by atoms with Crippen molar-refractivity contribution in [2.24, 2.45) is 5.92 Å². The highest BCUT2D eigenvalue weighted by Crippen LogP contribution is 2.24. The molecule has 0 spiro atoms. The molecule has 0 aromatic heterocycles. The van der Waals surface area contributed by atoms with Crippen LogP contribution in [0.2, 0.25) is 0 Å². The van der Waals surface area contributed by atoms with Crippen LogP contribution >= 0.6 is 0 Å². The zero-order valence-electron chi connectivity index (χ0n) is 9.39. The van der Waals surface area contributed by atoms with E-state index in [1.54, 1.807) is 0 Å². The van der Waals surface area contributed by atoms with Crippen LogP contribution in [0.1, 0.15) is 47.0 Å². The van der Waals surface area contributed by atoms with E-state index in [2.05, 4.69) is 33.0 Å². The van der Waals surface area contributed by atoms with E-state index in [-0.39, 0.29) is 5.72 Å². The third-order valence-corrected chi connectivity index (χ3v) is 2.80. The maximum absolute atomic E-state index is 5.78. The van der Waals surface area contributed by atoms with Crippen molar-refractivity contribution in [3.63, 3.8) is 0 Å². The van der Waals surface area contributed by atoms with Gasteiger partial charge in [0.05, 0.1) is 6.61 Å². The van der Waals surface area contributed by atoms with Gasteiger partial charge in [-0.25, -0.2) is 0 Å². The summed E-state index contributed by atoms with van der Waals surface area (Å²) in [5.74, 6) is 0.767. The molecule has 0 aromatic carbocycles. The first-order valence-corrected chi connectivity index (χ1v) is 5.47. The average molecular weight is 185 g/mol. The van der Waals surface area contributed by atoms with Gasteiger partial charge in [0.25, 0.3) is 0 Å². The number of hydrogen-bond acceptors (Lipinski definition) is 2. The minimum atomic E-state index is -0.0506. The van der Waals surface area contributed by atoms with Crippen LogP contribution in [-0.2, 0) is 4.74 Å². The fourth-order valence-electron chi connectivity index (χ4n) is 1.73. The summed E-state index contributed by atoms with van der Waals surface area (Å²) < 4.78 is 5.78. The van der Waals surface area contributed by atoms with Crippen LogP contribution in [0.25, 0.3) is 0 Å². The molecule has 1 aliphatic rings. The van der Waals surface area contributed by atoms with Crippen LogP contribution in [0, 0.1) is 5.92 Å². The van der Waals surface area contributed by atoms with Crippen molar-refractivity contribution in [1.29, 1.82) is 0 Å². The largest absolute Gasteiger partial charge is 0.359 e. The molecule has 0 aromatic rings. The van der Waals surface area contributed by atoms with Crippen LogP contribution in [-0.4, -0.2) is 18.4 Å². The van der Waals surface area contributed by atoms with E-state index in [0.717, 1.165) is 25.4 Å². The Morgan fingerprint density at radius 1 is 1.54 bits per heavy atom. The summed E-state index contributed by atoms with van der Waals surface area (Å²) in [6, 6.07) is 0.567. The SMILES string of the molecule is CC[C@@H]1CO[C@@](C)(CCC(C)C)N1. The molecule has 2 atom stereocenters. The molecule has 2 heteroatoms. The maximum Gasteiger partial charge on any atom is 0.116 e. The summed E-state index contributed by atoms with van der Waals surface area (Å²) in [5.41, 5.74) is -0.0506. The first-order chi connectivity index (χ1) is 6.06. The van der Waals surface area contributed by atoms with Crippen molar-refractivity contribution in [3.05, 3.63) is 0 Å². The lowest BCUT2D eigenvalue weighted by atomic mass is 10.0. The van der Waals surface area contributed by atoms with Crippen LogP contribution in [0.5, 0.6) is 0 Å². The number of nitrogens with one attached hydrogen (secondary N) is 1. The lowest BCUT2D eigenvalue weighted by Crippen LogP contribution is -2.41. The molecule has 1 rings (SSSR count). The third-order valence-electron chi connectivity index (χ3n) is 2.80. The second-order valence-corrected chi connectivity index (χ2v) is 4.72. The van der Waals surface area contributed by atoms with Crippen molar-refractivity contribution in [3.8, 4) is 0 Å². The molecule has 2 nitrogen and oxygen atoms in total. The van der Waals surface area contributed by atoms with E-state index < -0.39 is 0 Å². The van der Waals surface area contributed by atoms with Crippen molar-refractivity contribution < 1.29 is 4.74 Å². The van der Waals surface area contributed by atoms with Gasteiger partial charge in [-0.15, -0.1) is 0 Å². The number of hydrogen-bond donors (Lipinski definition) is 1. The van der Waals surface area contributed by atoms with Gasteiger partial charge in [0.1, 0.15) is 5.72 Å². The molecular formula is C11H23NO. The molecule has 1 aliphatic heterocycles. The zero-order valence-corrected chi connectivity index (χ0v) is 9.39. The Hall–Kier alpha value is -0.0800. The lowest BCUT2D eigenvalue weighted by molar-refractivity contribution is -0.00452. The highest BCUT2D eigenvalue weighted by Gasteiger charge is 2.33. The van der Waals surface area contributed by atoms with Crippen molar-refractivity contribution in [1.82, 2.24) is 5.32 Å². The van der Waals surface area contributed by atoms with Crippen LogP contribution in [0.15, 0.2) is 0 Å². The fourth-order valence-corrected chi connectivity index (χ4v) is 1.73.